The van der Waals surface area contributed by atoms with Crippen molar-refractivity contribution in [1.29, 1.82) is 0 Å². The van der Waals surface area contributed by atoms with Gasteiger partial charge >= 0.3 is 0 Å². The maximum absolute atomic E-state index is 5.02. The van der Waals surface area contributed by atoms with Crippen LogP contribution in [0.3, 0.4) is 0 Å². The van der Waals surface area contributed by atoms with Crippen molar-refractivity contribution in [3.05, 3.63) is 28.8 Å². The average molecular weight is 325 g/mol. The molecule has 1 aromatic carbocycles. The summed E-state index contributed by atoms with van der Waals surface area (Å²) >= 11 is 1.91. The Bertz CT molecular complexity index is 778. The van der Waals surface area contributed by atoms with E-state index in [1.54, 1.807) is 0 Å². The van der Waals surface area contributed by atoms with E-state index in [0.29, 0.717) is 5.92 Å². The maximum Gasteiger partial charge on any atom is 0.0985 e. The number of piperidine rings is 1. The molecule has 0 amide bonds. The zero-order valence-electron chi connectivity index (χ0n) is 13.7. The second-order valence-corrected chi connectivity index (χ2v) is 8.64. The lowest BCUT2D eigenvalue weighted by Crippen LogP contribution is -2.21. The molecule has 4 heterocycles. The Hall–Kier alpha value is -1.26. The largest absolute Gasteiger partial charge is 0.302 e. The standard InChI is InChI=1S/C19H23N3S/c1-12-2-4-16(20-9-12)13-3-5-18-17(8-13)21-19(23-18)15-11-22-7-6-14(15)10-22/h3,5,8,12,14-15H,2,4,6-7,9-11H2,1H3/t12-,14?,15?/m0/s1. The third-order valence-electron chi connectivity index (χ3n) is 5.86. The van der Waals surface area contributed by atoms with E-state index in [9.17, 15) is 0 Å². The van der Waals surface area contributed by atoms with Crippen LogP contribution < -0.4 is 0 Å². The Kier molecular flexibility index (Phi) is 3.30. The van der Waals surface area contributed by atoms with Crippen LogP contribution in [0, 0.1) is 11.8 Å². The predicted molar refractivity (Wildman–Crippen MR) is 96.7 cm³/mol. The SMILES string of the molecule is C[C@H]1CCC(c2ccc3sc(C4CN5CCC4C5)nc3c2)=NC1. The van der Waals surface area contributed by atoms with E-state index in [0.717, 1.165) is 24.8 Å². The highest BCUT2D eigenvalue weighted by Crippen LogP contribution is 2.42. The Morgan fingerprint density at radius 3 is 2.91 bits per heavy atom. The summed E-state index contributed by atoms with van der Waals surface area (Å²) in [4.78, 5) is 12.4. The van der Waals surface area contributed by atoms with E-state index >= 15 is 0 Å². The highest BCUT2D eigenvalue weighted by molar-refractivity contribution is 7.18. The van der Waals surface area contributed by atoms with Crippen molar-refractivity contribution in [2.24, 2.45) is 16.8 Å². The van der Waals surface area contributed by atoms with Crippen molar-refractivity contribution in [3.8, 4) is 0 Å². The molecular formula is C19H23N3S. The van der Waals surface area contributed by atoms with Gasteiger partial charge in [-0.1, -0.05) is 13.0 Å². The molecular weight excluding hydrogens is 302 g/mol. The highest BCUT2D eigenvalue weighted by Gasteiger charge is 2.40. The van der Waals surface area contributed by atoms with Gasteiger partial charge in [-0.15, -0.1) is 11.3 Å². The number of hydrogen-bond acceptors (Lipinski definition) is 4. The summed E-state index contributed by atoms with van der Waals surface area (Å²) in [5.41, 5.74) is 3.75. The summed E-state index contributed by atoms with van der Waals surface area (Å²) in [6.07, 6.45) is 3.74. The molecule has 23 heavy (non-hydrogen) atoms. The first-order valence-corrected chi connectivity index (χ1v) is 9.74. The summed E-state index contributed by atoms with van der Waals surface area (Å²) in [6.45, 7) is 7.09. The third-order valence-corrected chi connectivity index (χ3v) is 7.02. The zero-order valence-corrected chi connectivity index (χ0v) is 14.5. The number of nitrogens with zero attached hydrogens (tertiary/aromatic N) is 3. The molecule has 0 aliphatic carbocycles. The molecule has 3 unspecified atom stereocenters. The number of aromatic nitrogens is 1. The molecule has 4 heteroatoms. The van der Waals surface area contributed by atoms with Crippen LogP contribution in [0.4, 0.5) is 0 Å². The molecule has 3 aliphatic rings. The van der Waals surface area contributed by atoms with Crippen molar-refractivity contribution in [1.82, 2.24) is 9.88 Å². The first-order chi connectivity index (χ1) is 11.3. The van der Waals surface area contributed by atoms with Crippen LogP contribution in [0.15, 0.2) is 23.2 Å². The normalized spacial score (nSPS) is 33.3. The molecule has 0 N–H and O–H groups in total. The van der Waals surface area contributed by atoms with Crippen LogP contribution in [0.1, 0.15) is 42.7 Å². The van der Waals surface area contributed by atoms with Gasteiger partial charge in [-0.3, -0.25) is 4.99 Å². The van der Waals surface area contributed by atoms with Crippen molar-refractivity contribution in [3.63, 3.8) is 0 Å². The van der Waals surface area contributed by atoms with Crippen LogP contribution in [-0.4, -0.2) is 41.8 Å². The van der Waals surface area contributed by atoms with Crippen LogP contribution in [0.25, 0.3) is 10.2 Å². The number of aliphatic imine (C=N–C) groups is 1. The summed E-state index contributed by atoms with van der Waals surface area (Å²) in [7, 11) is 0. The Labute approximate surface area is 141 Å². The molecule has 0 spiro atoms. The van der Waals surface area contributed by atoms with E-state index in [1.165, 1.54) is 59.0 Å². The lowest BCUT2D eigenvalue weighted by Gasteiger charge is -2.19. The number of rotatable bonds is 2. The second kappa shape index (κ2) is 5.38. The van der Waals surface area contributed by atoms with Crippen LogP contribution in [-0.2, 0) is 0 Å². The van der Waals surface area contributed by atoms with E-state index in [-0.39, 0.29) is 0 Å². The first-order valence-electron chi connectivity index (χ1n) is 8.93. The molecule has 120 valence electrons. The van der Waals surface area contributed by atoms with E-state index < -0.39 is 0 Å². The average Bonchev–Trinajstić information content (AvgIpc) is 3.29. The van der Waals surface area contributed by atoms with E-state index in [2.05, 4.69) is 30.0 Å². The monoisotopic (exact) mass is 325 g/mol. The van der Waals surface area contributed by atoms with E-state index in [4.69, 9.17) is 9.98 Å². The third kappa shape index (κ3) is 2.43. The van der Waals surface area contributed by atoms with Gasteiger partial charge in [0.05, 0.1) is 15.2 Å². The van der Waals surface area contributed by atoms with Crippen LogP contribution in [0.5, 0.6) is 0 Å². The molecule has 2 fully saturated rings. The van der Waals surface area contributed by atoms with Gasteiger partial charge in [-0.05, 0) is 55.3 Å². The highest BCUT2D eigenvalue weighted by atomic mass is 32.1. The fourth-order valence-corrected chi connectivity index (χ4v) is 5.54. The molecule has 5 rings (SSSR count). The molecule has 2 saturated heterocycles. The zero-order chi connectivity index (χ0) is 15.4. The minimum absolute atomic E-state index is 0.678. The smallest absolute Gasteiger partial charge is 0.0985 e. The molecule has 0 saturated carbocycles. The Balaban J connectivity index is 1.47. The summed E-state index contributed by atoms with van der Waals surface area (Å²) in [5.74, 6) is 2.26. The molecule has 4 atom stereocenters. The summed E-state index contributed by atoms with van der Waals surface area (Å²) in [6, 6.07) is 6.79. The predicted octanol–water partition coefficient (Wildman–Crippen LogP) is 3.93. The molecule has 2 bridgehead atoms. The van der Waals surface area contributed by atoms with Gasteiger partial charge in [0.2, 0.25) is 0 Å². The Morgan fingerprint density at radius 1 is 1.22 bits per heavy atom. The number of fused-ring (bicyclic) bond motifs is 3. The lowest BCUT2D eigenvalue weighted by atomic mass is 9.93. The molecule has 1 aromatic heterocycles. The maximum atomic E-state index is 5.02. The topological polar surface area (TPSA) is 28.5 Å². The van der Waals surface area contributed by atoms with Crippen LogP contribution in [0.2, 0.25) is 0 Å². The van der Waals surface area contributed by atoms with Gasteiger partial charge in [0.25, 0.3) is 0 Å². The number of benzene rings is 1. The first kappa shape index (κ1) is 14.1. The summed E-state index contributed by atoms with van der Waals surface area (Å²) < 4.78 is 1.34. The fourth-order valence-electron chi connectivity index (χ4n) is 4.40. The van der Waals surface area contributed by atoms with Gasteiger partial charge in [-0.25, -0.2) is 4.98 Å². The van der Waals surface area contributed by atoms with Gasteiger partial charge in [0, 0.05) is 31.3 Å². The molecule has 3 aliphatic heterocycles. The van der Waals surface area contributed by atoms with Gasteiger partial charge in [0.15, 0.2) is 0 Å². The van der Waals surface area contributed by atoms with Crippen molar-refractivity contribution in [2.45, 2.75) is 32.1 Å². The van der Waals surface area contributed by atoms with Crippen molar-refractivity contribution in [2.75, 3.05) is 26.2 Å². The lowest BCUT2D eigenvalue weighted by molar-refractivity contribution is 0.346. The Morgan fingerprint density at radius 2 is 2.17 bits per heavy atom. The van der Waals surface area contributed by atoms with Gasteiger partial charge in [0.1, 0.15) is 0 Å². The quantitative estimate of drug-likeness (QED) is 0.837. The second-order valence-electron chi connectivity index (χ2n) is 7.58. The van der Waals surface area contributed by atoms with Gasteiger partial charge < -0.3 is 4.90 Å². The summed E-state index contributed by atoms with van der Waals surface area (Å²) in [5, 5.41) is 1.36. The minimum Gasteiger partial charge on any atom is -0.302 e. The minimum atomic E-state index is 0.678. The van der Waals surface area contributed by atoms with Crippen molar-refractivity contribution < 1.29 is 0 Å². The van der Waals surface area contributed by atoms with Crippen molar-refractivity contribution >= 4 is 27.3 Å². The van der Waals surface area contributed by atoms with E-state index in [1.807, 2.05) is 11.3 Å². The molecule has 3 nitrogen and oxygen atoms in total. The van der Waals surface area contributed by atoms with Crippen LogP contribution >= 0.6 is 11.3 Å². The number of thiazole rings is 1. The molecule has 0 radical (unpaired) electrons. The fraction of sp³-hybridized carbons (Fsp3) is 0.579. The van der Waals surface area contributed by atoms with Gasteiger partial charge in [-0.2, -0.15) is 0 Å². The number of hydrogen-bond donors (Lipinski definition) is 0. The molecule has 2 aromatic rings.